The van der Waals surface area contributed by atoms with Crippen LogP contribution in [0.25, 0.3) is 0 Å². The van der Waals surface area contributed by atoms with Gasteiger partial charge in [0.1, 0.15) is 12.1 Å². The molecule has 0 saturated carbocycles. The first-order valence-corrected chi connectivity index (χ1v) is 3.41. The van der Waals surface area contributed by atoms with E-state index < -0.39 is 17.9 Å². The molecule has 2 heterocycles. The van der Waals surface area contributed by atoms with Gasteiger partial charge in [0.15, 0.2) is 11.8 Å². The van der Waals surface area contributed by atoms with E-state index >= 15 is 0 Å². The summed E-state index contributed by atoms with van der Waals surface area (Å²) in [6, 6.07) is -0.823. The van der Waals surface area contributed by atoms with E-state index in [9.17, 15) is 9.59 Å². The van der Waals surface area contributed by atoms with Crippen molar-refractivity contribution in [3.63, 3.8) is 0 Å². The largest absolute Gasteiger partial charge is 0.476 e. The van der Waals surface area contributed by atoms with Crippen molar-refractivity contribution in [3.8, 4) is 0 Å². The molecule has 0 radical (unpaired) electrons. The molecule has 2 N–H and O–H groups in total. The Balaban J connectivity index is 2.39. The van der Waals surface area contributed by atoms with Crippen molar-refractivity contribution >= 4 is 29.6 Å². The van der Waals surface area contributed by atoms with E-state index in [0.29, 0.717) is 0 Å². The molecule has 7 heteroatoms. The molecule has 0 saturated heterocycles. The van der Waals surface area contributed by atoms with Crippen LogP contribution in [0, 0.1) is 0 Å². The number of nitrogens with one attached hydrogen (secondary N) is 1. The van der Waals surface area contributed by atoms with Crippen molar-refractivity contribution in [3.05, 3.63) is 0 Å². The Kier molecular flexibility index (Phi) is 1.44. The van der Waals surface area contributed by atoms with Gasteiger partial charge in [-0.2, -0.15) is 10.1 Å². The Bertz CT molecular complexity index is 381. The van der Waals surface area contributed by atoms with Crippen LogP contribution in [0.5, 0.6) is 0 Å². The number of carboxylic acids is 1. The normalized spacial score (nSPS) is 24.6. The molecule has 2 rings (SSSR count). The average Bonchev–Trinajstić information content (AvgIpc) is 2.48. The second-order valence-corrected chi connectivity index (χ2v) is 2.42. The Labute approximate surface area is 71.9 Å². The zero-order valence-corrected chi connectivity index (χ0v) is 6.26. The zero-order chi connectivity index (χ0) is 9.42. The van der Waals surface area contributed by atoms with Crippen molar-refractivity contribution in [2.24, 2.45) is 15.1 Å². The Morgan fingerprint density at radius 2 is 2.38 bits per heavy atom. The van der Waals surface area contributed by atoms with Crippen LogP contribution in [-0.4, -0.2) is 40.8 Å². The van der Waals surface area contributed by atoms with Gasteiger partial charge in [-0.05, 0) is 0 Å². The number of carbonyl (C=O) groups excluding carboxylic acids is 1. The lowest BCUT2D eigenvalue weighted by atomic mass is 10.1. The number of rotatable bonds is 1. The predicted octanol–water partition coefficient (Wildman–Crippen LogP) is -1.59. The van der Waals surface area contributed by atoms with Gasteiger partial charge in [-0.15, -0.1) is 0 Å². The first-order valence-electron chi connectivity index (χ1n) is 3.41. The van der Waals surface area contributed by atoms with Gasteiger partial charge in [-0.25, -0.2) is 9.79 Å². The van der Waals surface area contributed by atoms with Gasteiger partial charge in [-0.3, -0.25) is 10.2 Å². The topological polar surface area (TPSA) is 103 Å². The second kappa shape index (κ2) is 2.47. The molecular formula is C6H4N4O3. The summed E-state index contributed by atoms with van der Waals surface area (Å²) in [7, 11) is 0. The maximum atomic E-state index is 11.0. The van der Waals surface area contributed by atoms with Crippen LogP contribution in [-0.2, 0) is 9.59 Å². The SMILES string of the molecule is O=C(O)C1=NNC2C(=O)N=CN=C12. The fourth-order valence-corrected chi connectivity index (χ4v) is 1.07. The highest BCUT2D eigenvalue weighted by Crippen LogP contribution is 2.06. The van der Waals surface area contributed by atoms with Crippen LogP contribution in [0.2, 0.25) is 0 Å². The van der Waals surface area contributed by atoms with Crippen LogP contribution < -0.4 is 5.43 Å². The van der Waals surface area contributed by atoms with E-state index in [1.807, 2.05) is 0 Å². The lowest BCUT2D eigenvalue weighted by molar-refractivity contribution is -0.129. The lowest BCUT2D eigenvalue weighted by Crippen LogP contribution is -2.40. The van der Waals surface area contributed by atoms with Gasteiger partial charge in [0.25, 0.3) is 5.91 Å². The molecule has 0 fully saturated rings. The molecule has 1 unspecified atom stereocenters. The van der Waals surface area contributed by atoms with E-state index in [0.717, 1.165) is 6.34 Å². The Hall–Kier alpha value is -2.05. The molecule has 2 aliphatic heterocycles. The summed E-state index contributed by atoms with van der Waals surface area (Å²) in [4.78, 5) is 28.7. The van der Waals surface area contributed by atoms with Crippen LogP contribution >= 0.6 is 0 Å². The highest BCUT2D eigenvalue weighted by molar-refractivity contribution is 6.69. The Morgan fingerprint density at radius 3 is 3.08 bits per heavy atom. The molecule has 0 aliphatic carbocycles. The molecule has 0 spiro atoms. The van der Waals surface area contributed by atoms with Gasteiger partial charge in [0.2, 0.25) is 0 Å². The quantitative estimate of drug-likeness (QED) is 0.507. The highest BCUT2D eigenvalue weighted by atomic mass is 16.4. The minimum atomic E-state index is -1.21. The van der Waals surface area contributed by atoms with Gasteiger partial charge >= 0.3 is 5.97 Å². The highest BCUT2D eigenvalue weighted by Gasteiger charge is 2.37. The van der Waals surface area contributed by atoms with Crippen LogP contribution in [0.1, 0.15) is 0 Å². The van der Waals surface area contributed by atoms with Crippen molar-refractivity contribution < 1.29 is 14.7 Å². The minimum Gasteiger partial charge on any atom is -0.476 e. The first-order chi connectivity index (χ1) is 6.20. The lowest BCUT2D eigenvalue weighted by Gasteiger charge is -2.08. The number of hydrogen-bond donors (Lipinski definition) is 2. The summed E-state index contributed by atoms with van der Waals surface area (Å²) >= 11 is 0. The van der Waals surface area contributed by atoms with E-state index in [-0.39, 0.29) is 11.4 Å². The minimum absolute atomic E-state index is 0.118. The standard InChI is InChI=1S/C6H4N4O3/c11-5-3-2(7-1-8-5)4(6(12)13)10-9-3/h1,3,9H,(H,12,13). The third kappa shape index (κ3) is 1.01. The van der Waals surface area contributed by atoms with Crippen molar-refractivity contribution in [2.45, 2.75) is 6.04 Å². The molecular weight excluding hydrogens is 176 g/mol. The van der Waals surface area contributed by atoms with Gasteiger partial charge in [0, 0.05) is 0 Å². The molecule has 2 aliphatic rings. The summed E-state index contributed by atoms with van der Waals surface area (Å²) in [6.45, 7) is 0. The summed E-state index contributed by atoms with van der Waals surface area (Å²) in [5.41, 5.74) is 2.24. The number of hydrazone groups is 1. The molecule has 1 amide bonds. The smallest absolute Gasteiger partial charge is 0.358 e. The number of carboxylic acid groups (broad SMARTS) is 1. The van der Waals surface area contributed by atoms with Crippen molar-refractivity contribution in [1.29, 1.82) is 0 Å². The van der Waals surface area contributed by atoms with Crippen LogP contribution in [0.3, 0.4) is 0 Å². The molecule has 1 atom stereocenters. The molecule has 13 heavy (non-hydrogen) atoms. The van der Waals surface area contributed by atoms with E-state index in [4.69, 9.17) is 5.11 Å². The molecule has 66 valence electrons. The van der Waals surface area contributed by atoms with E-state index in [1.165, 1.54) is 0 Å². The third-order valence-electron chi connectivity index (χ3n) is 1.65. The predicted molar refractivity (Wildman–Crippen MR) is 42.9 cm³/mol. The number of amides is 1. The summed E-state index contributed by atoms with van der Waals surface area (Å²) < 4.78 is 0. The molecule has 7 nitrogen and oxygen atoms in total. The maximum Gasteiger partial charge on any atom is 0.358 e. The third-order valence-corrected chi connectivity index (χ3v) is 1.65. The van der Waals surface area contributed by atoms with Gasteiger partial charge in [-0.1, -0.05) is 0 Å². The average molecular weight is 180 g/mol. The van der Waals surface area contributed by atoms with Crippen LogP contribution in [0.15, 0.2) is 15.1 Å². The number of fused-ring (bicyclic) bond motifs is 1. The van der Waals surface area contributed by atoms with E-state index in [2.05, 4.69) is 20.5 Å². The summed E-state index contributed by atoms with van der Waals surface area (Å²) in [6.07, 6.45) is 1.03. The van der Waals surface area contributed by atoms with Crippen molar-refractivity contribution in [2.75, 3.05) is 0 Å². The molecule has 0 bridgehead atoms. The molecule has 0 aromatic carbocycles. The number of nitrogens with zero attached hydrogens (tertiary/aromatic N) is 3. The van der Waals surface area contributed by atoms with E-state index in [1.54, 1.807) is 0 Å². The molecule has 0 aromatic rings. The van der Waals surface area contributed by atoms with Gasteiger partial charge < -0.3 is 5.11 Å². The fraction of sp³-hybridized carbons (Fsp3) is 0.167. The van der Waals surface area contributed by atoms with Gasteiger partial charge in [0.05, 0.1) is 0 Å². The second-order valence-electron chi connectivity index (χ2n) is 2.42. The Morgan fingerprint density at radius 1 is 1.62 bits per heavy atom. The summed E-state index contributed by atoms with van der Waals surface area (Å²) in [5, 5.41) is 12.1. The maximum absolute atomic E-state index is 11.0. The number of aliphatic imine (C=N–C) groups is 2. The number of aliphatic carboxylic acids is 1. The number of hydrogen-bond acceptors (Lipinski definition) is 5. The number of carbonyl (C=O) groups is 2. The van der Waals surface area contributed by atoms with Crippen LogP contribution in [0.4, 0.5) is 0 Å². The fourth-order valence-electron chi connectivity index (χ4n) is 1.07. The van der Waals surface area contributed by atoms with Crippen molar-refractivity contribution in [1.82, 2.24) is 5.43 Å². The monoisotopic (exact) mass is 180 g/mol. The summed E-state index contributed by atoms with van der Waals surface area (Å²) in [5.74, 6) is -1.69. The first kappa shape index (κ1) is 7.59. The molecule has 0 aromatic heterocycles. The zero-order valence-electron chi connectivity index (χ0n) is 6.26.